The van der Waals surface area contributed by atoms with Crippen LogP contribution in [-0.2, 0) is 6.54 Å². The number of hydrogen-bond acceptors (Lipinski definition) is 3. The van der Waals surface area contributed by atoms with Gasteiger partial charge in [-0.2, -0.15) is 5.26 Å². The number of aromatic nitrogens is 1. The van der Waals surface area contributed by atoms with Gasteiger partial charge in [-0.15, -0.1) is 0 Å². The number of nitrogens with one attached hydrogen (secondary N) is 1. The molecule has 1 heterocycles. The van der Waals surface area contributed by atoms with Crippen molar-refractivity contribution in [2.75, 3.05) is 11.9 Å². The second-order valence-corrected chi connectivity index (χ2v) is 4.30. The third-order valence-corrected chi connectivity index (χ3v) is 2.93. The predicted molar refractivity (Wildman–Crippen MR) is 75.1 cm³/mol. The summed E-state index contributed by atoms with van der Waals surface area (Å²) < 4.78 is 1.65. The standard InChI is InChI=1S/C15H15N3O/c1-12-5-6-13(11-16)10-14(12)17-7-9-18-8-3-2-4-15(18)19/h2-6,8,10,17H,7,9H2,1H3. The number of anilines is 1. The fourth-order valence-corrected chi connectivity index (χ4v) is 1.84. The summed E-state index contributed by atoms with van der Waals surface area (Å²) >= 11 is 0. The van der Waals surface area contributed by atoms with E-state index in [1.165, 1.54) is 0 Å². The molecule has 19 heavy (non-hydrogen) atoms. The average molecular weight is 253 g/mol. The average Bonchev–Trinajstić information content (AvgIpc) is 2.43. The molecule has 0 unspecified atom stereocenters. The Kier molecular flexibility index (Phi) is 3.99. The van der Waals surface area contributed by atoms with Gasteiger partial charge < -0.3 is 9.88 Å². The van der Waals surface area contributed by atoms with Crippen LogP contribution < -0.4 is 10.9 Å². The summed E-state index contributed by atoms with van der Waals surface area (Å²) in [5.74, 6) is 0. The number of hydrogen-bond donors (Lipinski definition) is 1. The van der Waals surface area contributed by atoms with Crippen LogP contribution in [0.1, 0.15) is 11.1 Å². The summed E-state index contributed by atoms with van der Waals surface area (Å²) in [4.78, 5) is 11.5. The van der Waals surface area contributed by atoms with E-state index in [4.69, 9.17) is 5.26 Å². The second kappa shape index (κ2) is 5.87. The summed E-state index contributed by atoms with van der Waals surface area (Å²) in [6.07, 6.45) is 1.77. The molecular weight excluding hydrogens is 238 g/mol. The van der Waals surface area contributed by atoms with Gasteiger partial charge in [0.2, 0.25) is 0 Å². The first-order chi connectivity index (χ1) is 9.20. The molecule has 0 bridgehead atoms. The molecule has 1 N–H and O–H groups in total. The first-order valence-corrected chi connectivity index (χ1v) is 6.11. The third kappa shape index (κ3) is 3.23. The lowest BCUT2D eigenvalue weighted by Crippen LogP contribution is -2.22. The highest BCUT2D eigenvalue weighted by atomic mass is 16.1. The zero-order valence-corrected chi connectivity index (χ0v) is 10.8. The predicted octanol–water partition coefficient (Wildman–Crippen LogP) is 2.14. The maximum absolute atomic E-state index is 11.5. The minimum atomic E-state index is -0.00759. The molecule has 2 rings (SSSR count). The van der Waals surface area contributed by atoms with Crippen LogP contribution in [0.2, 0.25) is 0 Å². The molecule has 1 aromatic heterocycles. The molecule has 0 spiro atoms. The second-order valence-electron chi connectivity index (χ2n) is 4.30. The summed E-state index contributed by atoms with van der Waals surface area (Å²) in [5, 5.41) is 12.1. The first-order valence-electron chi connectivity index (χ1n) is 6.11. The molecule has 0 aliphatic carbocycles. The molecule has 1 aromatic carbocycles. The van der Waals surface area contributed by atoms with Crippen molar-refractivity contribution in [1.29, 1.82) is 5.26 Å². The van der Waals surface area contributed by atoms with E-state index in [9.17, 15) is 4.79 Å². The Morgan fingerprint density at radius 2 is 2.16 bits per heavy atom. The molecule has 2 aromatic rings. The first kappa shape index (κ1) is 12.9. The fourth-order valence-electron chi connectivity index (χ4n) is 1.84. The summed E-state index contributed by atoms with van der Waals surface area (Å²) in [6, 6.07) is 12.8. The molecule has 0 amide bonds. The van der Waals surface area contributed by atoms with Gasteiger partial charge in [-0.05, 0) is 30.7 Å². The van der Waals surface area contributed by atoms with Crippen molar-refractivity contribution >= 4 is 5.69 Å². The van der Waals surface area contributed by atoms with Gasteiger partial charge in [0, 0.05) is 31.0 Å². The van der Waals surface area contributed by atoms with Crippen LogP contribution in [0.15, 0.2) is 47.4 Å². The number of rotatable bonds is 4. The molecule has 96 valence electrons. The maximum Gasteiger partial charge on any atom is 0.250 e. The molecule has 0 fully saturated rings. The molecule has 0 radical (unpaired) electrons. The zero-order chi connectivity index (χ0) is 13.7. The van der Waals surface area contributed by atoms with Gasteiger partial charge in [0.15, 0.2) is 0 Å². The molecule has 4 nitrogen and oxygen atoms in total. The highest BCUT2D eigenvalue weighted by molar-refractivity contribution is 5.55. The lowest BCUT2D eigenvalue weighted by atomic mass is 10.1. The summed E-state index contributed by atoms with van der Waals surface area (Å²) in [5.41, 5.74) is 2.64. The van der Waals surface area contributed by atoms with Gasteiger partial charge in [-0.3, -0.25) is 4.79 Å². The van der Waals surface area contributed by atoms with Gasteiger partial charge in [0.05, 0.1) is 11.6 Å². The van der Waals surface area contributed by atoms with Crippen molar-refractivity contribution in [2.45, 2.75) is 13.5 Å². The van der Waals surface area contributed by atoms with Crippen LogP contribution in [0, 0.1) is 18.3 Å². The Morgan fingerprint density at radius 3 is 2.89 bits per heavy atom. The van der Waals surface area contributed by atoms with Gasteiger partial charge in [-0.1, -0.05) is 12.1 Å². The van der Waals surface area contributed by atoms with E-state index in [1.807, 2.05) is 25.1 Å². The van der Waals surface area contributed by atoms with Gasteiger partial charge in [0.25, 0.3) is 5.56 Å². The SMILES string of the molecule is Cc1ccc(C#N)cc1NCCn1ccccc1=O. The van der Waals surface area contributed by atoms with Crippen molar-refractivity contribution < 1.29 is 0 Å². The van der Waals surface area contributed by atoms with Gasteiger partial charge in [0.1, 0.15) is 0 Å². The lowest BCUT2D eigenvalue weighted by Gasteiger charge is -2.10. The fraction of sp³-hybridized carbons (Fsp3) is 0.200. The third-order valence-electron chi connectivity index (χ3n) is 2.93. The summed E-state index contributed by atoms with van der Waals surface area (Å²) in [7, 11) is 0. The van der Waals surface area contributed by atoms with E-state index in [1.54, 1.807) is 29.0 Å². The number of pyridine rings is 1. The largest absolute Gasteiger partial charge is 0.383 e. The van der Waals surface area contributed by atoms with E-state index >= 15 is 0 Å². The van der Waals surface area contributed by atoms with Crippen molar-refractivity contribution in [2.24, 2.45) is 0 Å². The quantitative estimate of drug-likeness (QED) is 0.908. The Bertz CT molecular complexity index is 668. The normalized spacial score (nSPS) is 9.89. The molecule has 0 saturated carbocycles. The minimum absolute atomic E-state index is 0.00759. The van der Waals surface area contributed by atoms with Crippen LogP contribution in [0.3, 0.4) is 0 Å². The molecule has 4 heteroatoms. The van der Waals surface area contributed by atoms with Crippen LogP contribution >= 0.6 is 0 Å². The highest BCUT2D eigenvalue weighted by Gasteiger charge is 2.00. The van der Waals surface area contributed by atoms with Crippen LogP contribution in [0.25, 0.3) is 0 Å². The van der Waals surface area contributed by atoms with E-state index in [0.29, 0.717) is 18.7 Å². The highest BCUT2D eigenvalue weighted by Crippen LogP contribution is 2.15. The van der Waals surface area contributed by atoms with Crippen LogP contribution in [0.5, 0.6) is 0 Å². The smallest absolute Gasteiger partial charge is 0.250 e. The van der Waals surface area contributed by atoms with E-state index in [-0.39, 0.29) is 5.56 Å². The monoisotopic (exact) mass is 253 g/mol. The Balaban J connectivity index is 2.02. The van der Waals surface area contributed by atoms with Gasteiger partial charge in [-0.25, -0.2) is 0 Å². The molecule has 0 aliphatic heterocycles. The van der Waals surface area contributed by atoms with Crippen LogP contribution in [0.4, 0.5) is 5.69 Å². The molecule has 0 saturated heterocycles. The Morgan fingerprint density at radius 1 is 1.32 bits per heavy atom. The van der Waals surface area contributed by atoms with E-state index < -0.39 is 0 Å². The van der Waals surface area contributed by atoms with E-state index in [0.717, 1.165) is 11.3 Å². The number of benzene rings is 1. The zero-order valence-electron chi connectivity index (χ0n) is 10.8. The van der Waals surface area contributed by atoms with Crippen molar-refractivity contribution in [1.82, 2.24) is 4.57 Å². The topological polar surface area (TPSA) is 57.8 Å². The minimum Gasteiger partial charge on any atom is -0.383 e. The van der Waals surface area contributed by atoms with Crippen molar-refractivity contribution in [3.8, 4) is 6.07 Å². The molecule has 0 aliphatic rings. The number of aryl methyl sites for hydroxylation is 1. The molecular formula is C15H15N3O. The Labute approximate surface area is 111 Å². The lowest BCUT2D eigenvalue weighted by molar-refractivity contribution is 0.697. The van der Waals surface area contributed by atoms with Crippen molar-refractivity contribution in [3.05, 3.63) is 64.1 Å². The molecule has 0 atom stereocenters. The van der Waals surface area contributed by atoms with E-state index in [2.05, 4.69) is 11.4 Å². The number of nitriles is 1. The number of nitrogens with zero attached hydrogens (tertiary/aromatic N) is 2. The van der Waals surface area contributed by atoms with Crippen molar-refractivity contribution in [3.63, 3.8) is 0 Å². The Hall–Kier alpha value is -2.54. The summed E-state index contributed by atoms with van der Waals surface area (Å²) in [6.45, 7) is 3.22. The van der Waals surface area contributed by atoms with Gasteiger partial charge >= 0.3 is 0 Å². The van der Waals surface area contributed by atoms with Crippen LogP contribution in [-0.4, -0.2) is 11.1 Å². The maximum atomic E-state index is 11.5.